The van der Waals surface area contributed by atoms with E-state index in [0.29, 0.717) is 16.8 Å². The topological polar surface area (TPSA) is 63.2 Å². The van der Waals surface area contributed by atoms with Crippen LogP contribution in [0.25, 0.3) is 0 Å². The quantitative estimate of drug-likeness (QED) is 0.873. The molecule has 1 saturated carbocycles. The lowest BCUT2D eigenvalue weighted by atomic mass is 9.84. The average molecular weight is 302 g/mol. The van der Waals surface area contributed by atoms with Gasteiger partial charge in [0.1, 0.15) is 0 Å². The lowest BCUT2D eigenvalue weighted by Gasteiger charge is -2.25. The highest BCUT2D eigenvalue weighted by Crippen LogP contribution is 2.30. The van der Waals surface area contributed by atoms with E-state index in [4.69, 9.17) is 10.7 Å². The molecular formula is C13H16ClNO3S. The highest BCUT2D eigenvalue weighted by atomic mass is 35.7. The first-order valence-electron chi connectivity index (χ1n) is 6.16. The first kappa shape index (κ1) is 14.3. The molecule has 0 heterocycles. The Labute approximate surface area is 117 Å². The van der Waals surface area contributed by atoms with E-state index in [1.807, 2.05) is 0 Å². The van der Waals surface area contributed by atoms with Crippen LogP contribution in [0.4, 0.5) is 5.69 Å². The monoisotopic (exact) mass is 301 g/mol. The van der Waals surface area contributed by atoms with E-state index >= 15 is 0 Å². The van der Waals surface area contributed by atoms with Gasteiger partial charge in [0.2, 0.25) is 5.91 Å². The summed E-state index contributed by atoms with van der Waals surface area (Å²) in [7, 11) is 1.58. The maximum absolute atomic E-state index is 11.9. The Bertz CT molecular complexity index is 598. The summed E-state index contributed by atoms with van der Waals surface area (Å²) in [5.74, 6) is 0.106. The zero-order valence-electron chi connectivity index (χ0n) is 10.9. The highest BCUT2D eigenvalue weighted by molar-refractivity contribution is 8.13. The average Bonchev–Trinajstić information content (AvgIpc) is 2.19. The predicted octanol–water partition coefficient (Wildman–Crippen LogP) is 2.97. The standard InChI is InChI=1S/C13H16ClNO3S/c1-8-6-11(19(14,17)18)7-9(2)12(8)15-13(16)10-4-3-5-10/h6-7,10H,3-5H2,1-2H3,(H,15,16). The minimum Gasteiger partial charge on any atom is -0.325 e. The van der Waals surface area contributed by atoms with Gasteiger partial charge in [-0.15, -0.1) is 0 Å². The SMILES string of the molecule is Cc1cc(S(=O)(=O)Cl)cc(C)c1NC(=O)C1CCC1. The summed E-state index contributed by atoms with van der Waals surface area (Å²) in [5.41, 5.74) is 2.08. The molecule has 4 nitrogen and oxygen atoms in total. The van der Waals surface area contributed by atoms with Crippen molar-refractivity contribution in [3.63, 3.8) is 0 Å². The molecule has 1 aliphatic rings. The van der Waals surface area contributed by atoms with Crippen molar-refractivity contribution in [3.8, 4) is 0 Å². The lowest BCUT2D eigenvalue weighted by Crippen LogP contribution is -2.28. The van der Waals surface area contributed by atoms with Crippen LogP contribution in [-0.2, 0) is 13.8 Å². The number of rotatable bonds is 3. The fourth-order valence-corrected chi connectivity index (χ4v) is 3.06. The Morgan fingerprint density at radius 3 is 2.16 bits per heavy atom. The van der Waals surface area contributed by atoms with Crippen molar-refractivity contribution < 1.29 is 13.2 Å². The van der Waals surface area contributed by atoms with Crippen molar-refractivity contribution in [2.45, 2.75) is 38.0 Å². The molecule has 19 heavy (non-hydrogen) atoms. The van der Waals surface area contributed by atoms with Crippen molar-refractivity contribution >= 4 is 31.3 Å². The van der Waals surface area contributed by atoms with E-state index < -0.39 is 9.05 Å². The molecule has 0 spiro atoms. The number of anilines is 1. The minimum absolute atomic E-state index is 0.0129. The number of hydrogen-bond donors (Lipinski definition) is 1. The van der Waals surface area contributed by atoms with Crippen molar-refractivity contribution in [1.82, 2.24) is 0 Å². The number of hydrogen-bond acceptors (Lipinski definition) is 3. The molecule has 0 unspecified atom stereocenters. The Hall–Kier alpha value is -1.07. The molecule has 0 aliphatic heterocycles. The first-order valence-corrected chi connectivity index (χ1v) is 8.47. The molecule has 0 atom stereocenters. The number of halogens is 1. The van der Waals surface area contributed by atoms with Crippen LogP contribution in [-0.4, -0.2) is 14.3 Å². The summed E-state index contributed by atoms with van der Waals surface area (Å²) in [4.78, 5) is 12.0. The molecule has 1 fully saturated rings. The summed E-state index contributed by atoms with van der Waals surface area (Å²) < 4.78 is 22.6. The Morgan fingerprint density at radius 2 is 1.79 bits per heavy atom. The molecule has 104 valence electrons. The van der Waals surface area contributed by atoms with E-state index in [9.17, 15) is 13.2 Å². The Balaban J connectivity index is 2.29. The lowest BCUT2D eigenvalue weighted by molar-refractivity contribution is -0.122. The first-order chi connectivity index (χ1) is 8.79. The van der Waals surface area contributed by atoms with Gasteiger partial charge in [0.25, 0.3) is 9.05 Å². The number of carbonyl (C=O) groups is 1. The second-order valence-corrected chi connectivity index (χ2v) is 7.55. The van der Waals surface area contributed by atoms with Gasteiger partial charge in [-0.25, -0.2) is 8.42 Å². The van der Waals surface area contributed by atoms with E-state index in [2.05, 4.69) is 5.32 Å². The van der Waals surface area contributed by atoms with Crippen LogP contribution < -0.4 is 5.32 Å². The number of aryl methyl sites for hydroxylation is 2. The van der Waals surface area contributed by atoms with Crippen LogP contribution in [0.5, 0.6) is 0 Å². The number of benzene rings is 1. The van der Waals surface area contributed by atoms with Gasteiger partial charge in [-0.05, 0) is 49.9 Å². The van der Waals surface area contributed by atoms with Crippen molar-refractivity contribution in [3.05, 3.63) is 23.3 Å². The van der Waals surface area contributed by atoms with E-state index in [0.717, 1.165) is 19.3 Å². The fraction of sp³-hybridized carbons (Fsp3) is 0.462. The predicted molar refractivity (Wildman–Crippen MR) is 74.9 cm³/mol. The molecule has 2 rings (SSSR count). The van der Waals surface area contributed by atoms with Crippen LogP contribution >= 0.6 is 10.7 Å². The summed E-state index contributed by atoms with van der Waals surface area (Å²) in [6, 6.07) is 2.96. The second-order valence-electron chi connectivity index (χ2n) is 4.99. The van der Waals surface area contributed by atoms with Gasteiger partial charge >= 0.3 is 0 Å². The molecule has 1 amide bonds. The normalized spacial score (nSPS) is 15.9. The van der Waals surface area contributed by atoms with Gasteiger partial charge in [-0.1, -0.05) is 6.42 Å². The zero-order chi connectivity index (χ0) is 14.2. The fourth-order valence-electron chi connectivity index (χ4n) is 2.16. The van der Waals surface area contributed by atoms with Gasteiger partial charge in [0.05, 0.1) is 4.90 Å². The molecule has 1 aromatic carbocycles. The van der Waals surface area contributed by atoms with Crippen LogP contribution in [0, 0.1) is 19.8 Å². The maximum atomic E-state index is 11.9. The molecule has 0 aromatic heterocycles. The maximum Gasteiger partial charge on any atom is 0.261 e. The number of carbonyl (C=O) groups excluding carboxylic acids is 1. The molecule has 6 heteroatoms. The summed E-state index contributed by atoms with van der Waals surface area (Å²) in [6.07, 6.45) is 2.95. The second kappa shape index (κ2) is 5.13. The number of amides is 1. The van der Waals surface area contributed by atoms with Gasteiger partial charge in [-0.2, -0.15) is 0 Å². The third-order valence-electron chi connectivity index (χ3n) is 3.51. The third kappa shape index (κ3) is 3.09. The molecule has 1 N–H and O–H groups in total. The van der Waals surface area contributed by atoms with E-state index in [1.54, 1.807) is 13.8 Å². The van der Waals surface area contributed by atoms with Gasteiger partial charge in [0, 0.05) is 22.3 Å². The van der Waals surface area contributed by atoms with Crippen molar-refractivity contribution in [2.24, 2.45) is 5.92 Å². The van der Waals surface area contributed by atoms with Crippen LogP contribution in [0.3, 0.4) is 0 Å². The zero-order valence-corrected chi connectivity index (χ0v) is 12.4. The summed E-state index contributed by atoms with van der Waals surface area (Å²) in [5, 5.41) is 2.88. The molecule has 0 radical (unpaired) electrons. The smallest absolute Gasteiger partial charge is 0.261 e. The Morgan fingerprint density at radius 1 is 1.26 bits per heavy atom. The van der Waals surface area contributed by atoms with Gasteiger partial charge in [-0.3, -0.25) is 4.79 Å². The Kier molecular flexibility index (Phi) is 3.87. The molecule has 1 aliphatic carbocycles. The number of nitrogens with one attached hydrogen (secondary N) is 1. The summed E-state index contributed by atoms with van der Waals surface area (Å²) >= 11 is 0. The molecule has 1 aromatic rings. The van der Waals surface area contributed by atoms with Gasteiger partial charge in [0.15, 0.2) is 0 Å². The largest absolute Gasteiger partial charge is 0.325 e. The van der Waals surface area contributed by atoms with Crippen molar-refractivity contribution in [1.29, 1.82) is 0 Å². The van der Waals surface area contributed by atoms with Crippen LogP contribution in [0.2, 0.25) is 0 Å². The molecular weight excluding hydrogens is 286 g/mol. The third-order valence-corrected chi connectivity index (χ3v) is 4.85. The van der Waals surface area contributed by atoms with E-state index in [1.165, 1.54) is 12.1 Å². The van der Waals surface area contributed by atoms with E-state index in [-0.39, 0.29) is 16.7 Å². The van der Waals surface area contributed by atoms with Crippen LogP contribution in [0.1, 0.15) is 30.4 Å². The minimum atomic E-state index is -3.74. The van der Waals surface area contributed by atoms with Crippen molar-refractivity contribution in [2.75, 3.05) is 5.32 Å². The highest BCUT2D eigenvalue weighted by Gasteiger charge is 2.26. The van der Waals surface area contributed by atoms with Crippen LogP contribution in [0.15, 0.2) is 17.0 Å². The van der Waals surface area contributed by atoms with Gasteiger partial charge < -0.3 is 5.32 Å². The molecule has 0 bridgehead atoms. The summed E-state index contributed by atoms with van der Waals surface area (Å²) in [6.45, 7) is 3.52. The molecule has 0 saturated heterocycles.